The minimum Gasteiger partial charge on any atom is -0.493 e. The van der Waals surface area contributed by atoms with E-state index < -0.39 is 0 Å². The number of amides is 2. The van der Waals surface area contributed by atoms with Crippen LogP contribution in [0.4, 0.5) is 0 Å². The molecule has 0 spiro atoms. The largest absolute Gasteiger partial charge is 0.493 e. The van der Waals surface area contributed by atoms with Gasteiger partial charge in [0.05, 0.1) is 25.6 Å². The number of hydrogen-bond acceptors (Lipinski definition) is 6. The van der Waals surface area contributed by atoms with Crippen LogP contribution < -0.4 is 20.3 Å². The Balaban J connectivity index is 1.59. The zero-order chi connectivity index (χ0) is 28.3. The van der Waals surface area contributed by atoms with Crippen LogP contribution in [-0.4, -0.2) is 37.5 Å². The molecule has 0 aliphatic carbocycles. The number of rotatable bonds is 18. The van der Waals surface area contributed by atoms with E-state index in [-0.39, 0.29) is 11.8 Å². The number of nitrogens with zero attached hydrogens (tertiary/aromatic N) is 2. The van der Waals surface area contributed by atoms with Crippen LogP contribution in [0, 0.1) is 0 Å². The molecule has 0 unspecified atom stereocenters. The fourth-order valence-corrected chi connectivity index (χ4v) is 4.25. The summed E-state index contributed by atoms with van der Waals surface area (Å²) in [4.78, 5) is 24.2. The summed E-state index contributed by atoms with van der Waals surface area (Å²) in [6.07, 6.45) is 10.2. The van der Waals surface area contributed by atoms with Crippen molar-refractivity contribution in [2.24, 2.45) is 10.2 Å². The number of halogens is 2. The van der Waals surface area contributed by atoms with Crippen LogP contribution in [0.1, 0.15) is 82.8 Å². The van der Waals surface area contributed by atoms with Crippen LogP contribution in [0.2, 0.25) is 0 Å². The van der Waals surface area contributed by atoms with Gasteiger partial charge >= 0.3 is 0 Å². The van der Waals surface area contributed by atoms with Gasteiger partial charge in [0.1, 0.15) is 11.5 Å². The first-order valence-electron chi connectivity index (χ1n) is 13.4. The molecule has 0 aromatic heterocycles. The molecule has 0 atom stereocenters. The van der Waals surface area contributed by atoms with Crippen molar-refractivity contribution in [1.29, 1.82) is 0 Å². The predicted molar refractivity (Wildman–Crippen MR) is 164 cm³/mol. The van der Waals surface area contributed by atoms with Crippen LogP contribution in [0.3, 0.4) is 0 Å². The summed E-state index contributed by atoms with van der Waals surface area (Å²) >= 11 is 6.89. The van der Waals surface area contributed by atoms with Crippen LogP contribution in [-0.2, 0) is 9.59 Å². The molecule has 2 amide bonds. The monoisotopic (exact) mass is 664 g/mol. The van der Waals surface area contributed by atoms with Gasteiger partial charge in [-0.2, -0.15) is 10.2 Å². The molecule has 2 aromatic rings. The quantitative estimate of drug-likeness (QED) is 0.101. The number of carbonyl (C=O) groups is 2. The van der Waals surface area contributed by atoms with Crippen molar-refractivity contribution in [1.82, 2.24) is 10.9 Å². The number of hydrogen-bond donors (Lipinski definition) is 2. The molecule has 0 bridgehead atoms. The van der Waals surface area contributed by atoms with Gasteiger partial charge in [-0.1, -0.05) is 65.0 Å². The fourth-order valence-electron chi connectivity index (χ4n) is 3.49. The fraction of sp³-hybridized carbons (Fsp3) is 0.448. The molecule has 2 aromatic carbocycles. The summed E-state index contributed by atoms with van der Waals surface area (Å²) in [5.74, 6) is 1.22. The Kier molecular flexibility index (Phi) is 16.1. The molecule has 10 heteroatoms. The van der Waals surface area contributed by atoms with Crippen molar-refractivity contribution < 1.29 is 19.1 Å². The van der Waals surface area contributed by atoms with Crippen molar-refractivity contribution in [2.75, 3.05) is 13.2 Å². The van der Waals surface area contributed by atoms with Crippen LogP contribution in [0.25, 0.3) is 0 Å². The normalized spacial score (nSPS) is 11.2. The van der Waals surface area contributed by atoms with Crippen LogP contribution in [0.15, 0.2) is 55.5 Å². The molecule has 0 saturated heterocycles. The van der Waals surface area contributed by atoms with E-state index in [1.807, 2.05) is 50.2 Å². The SMILES string of the molecule is CCCOc1ccc(Br)cc1/C=N\NC(=O)CCCCCCCC(=O)N/N=C\c1cc(Br)ccc1OCCC. The molecule has 2 rings (SSSR count). The number of hydrazone groups is 2. The topological polar surface area (TPSA) is 101 Å². The minimum atomic E-state index is -0.122. The molecule has 0 aliphatic rings. The van der Waals surface area contributed by atoms with E-state index in [0.717, 1.165) is 76.5 Å². The van der Waals surface area contributed by atoms with Gasteiger partial charge in [-0.3, -0.25) is 9.59 Å². The Labute approximate surface area is 248 Å². The summed E-state index contributed by atoms with van der Waals surface area (Å²) in [6, 6.07) is 11.4. The zero-order valence-electron chi connectivity index (χ0n) is 22.7. The molecule has 0 radical (unpaired) electrons. The van der Waals surface area contributed by atoms with Crippen molar-refractivity contribution >= 4 is 56.1 Å². The summed E-state index contributed by atoms with van der Waals surface area (Å²) < 4.78 is 13.3. The van der Waals surface area contributed by atoms with E-state index >= 15 is 0 Å². The molecule has 0 fully saturated rings. The molecule has 8 nitrogen and oxygen atoms in total. The van der Waals surface area contributed by atoms with E-state index in [1.54, 1.807) is 12.4 Å². The van der Waals surface area contributed by atoms with Gasteiger partial charge in [-0.15, -0.1) is 0 Å². The lowest BCUT2D eigenvalue weighted by molar-refractivity contribution is -0.121. The summed E-state index contributed by atoms with van der Waals surface area (Å²) in [7, 11) is 0. The maximum absolute atomic E-state index is 12.1. The van der Waals surface area contributed by atoms with E-state index in [0.29, 0.717) is 26.1 Å². The number of ether oxygens (including phenoxy) is 2. The first-order valence-corrected chi connectivity index (χ1v) is 15.0. The molecular formula is C29H38Br2N4O4. The Morgan fingerprint density at radius 1 is 0.718 bits per heavy atom. The molecule has 0 saturated carbocycles. The smallest absolute Gasteiger partial charge is 0.240 e. The van der Waals surface area contributed by atoms with Gasteiger partial charge in [0.15, 0.2) is 0 Å². The van der Waals surface area contributed by atoms with Gasteiger partial charge in [0.2, 0.25) is 11.8 Å². The first-order chi connectivity index (χ1) is 18.9. The lowest BCUT2D eigenvalue weighted by Gasteiger charge is -2.08. The van der Waals surface area contributed by atoms with Crippen molar-refractivity contribution in [3.8, 4) is 11.5 Å². The third-order valence-corrected chi connectivity index (χ3v) is 6.45. The van der Waals surface area contributed by atoms with E-state index in [1.165, 1.54) is 0 Å². The molecule has 212 valence electrons. The highest BCUT2D eigenvalue weighted by Gasteiger charge is 2.05. The third kappa shape index (κ3) is 13.8. The van der Waals surface area contributed by atoms with Crippen LogP contribution in [0.5, 0.6) is 11.5 Å². The lowest BCUT2D eigenvalue weighted by atomic mass is 10.1. The highest BCUT2D eigenvalue weighted by molar-refractivity contribution is 9.10. The molecule has 2 N–H and O–H groups in total. The second-order valence-corrected chi connectivity index (χ2v) is 10.7. The molecule has 0 aliphatic heterocycles. The van der Waals surface area contributed by atoms with Gasteiger partial charge in [0, 0.05) is 32.9 Å². The van der Waals surface area contributed by atoms with Crippen molar-refractivity contribution in [3.63, 3.8) is 0 Å². The number of carbonyl (C=O) groups excluding carboxylic acids is 2. The summed E-state index contributed by atoms with van der Waals surface area (Å²) in [6.45, 7) is 5.34. The Hall–Kier alpha value is -2.72. The molecule has 0 heterocycles. The van der Waals surface area contributed by atoms with Gasteiger partial charge in [-0.05, 0) is 62.1 Å². The molecular weight excluding hydrogens is 628 g/mol. The minimum absolute atomic E-state index is 0.122. The lowest BCUT2D eigenvalue weighted by Crippen LogP contribution is -2.17. The van der Waals surface area contributed by atoms with Gasteiger partial charge in [0.25, 0.3) is 0 Å². The van der Waals surface area contributed by atoms with E-state index in [9.17, 15) is 9.59 Å². The Morgan fingerprint density at radius 2 is 1.13 bits per heavy atom. The number of benzene rings is 2. The average Bonchev–Trinajstić information content (AvgIpc) is 2.91. The Bertz CT molecular complexity index is 1020. The average molecular weight is 666 g/mol. The number of nitrogens with one attached hydrogen (secondary N) is 2. The predicted octanol–water partition coefficient (Wildman–Crippen LogP) is 7.12. The second-order valence-electron chi connectivity index (χ2n) is 8.92. The van der Waals surface area contributed by atoms with Gasteiger partial charge < -0.3 is 9.47 Å². The number of unbranched alkanes of at least 4 members (excludes halogenated alkanes) is 4. The van der Waals surface area contributed by atoms with Gasteiger partial charge in [-0.25, -0.2) is 10.9 Å². The van der Waals surface area contributed by atoms with Crippen LogP contribution >= 0.6 is 31.9 Å². The highest BCUT2D eigenvalue weighted by atomic mass is 79.9. The van der Waals surface area contributed by atoms with Crippen molar-refractivity contribution in [3.05, 3.63) is 56.5 Å². The third-order valence-electron chi connectivity index (χ3n) is 5.46. The maximum atomic E-state index is 12.1. The maximum Gasteiger partial charge on any atom is 0.240 e. The summed E-state index contributed by atoms with van der Waals surface area (Å²) in [5.41, 5.74) is 6.76. The Morgan fingerprint density at radius 3 is 1.54 bits per heavy atom. The summed E-state index contributed by atoms with van der Waals surface area (Å²) in [5, 5.41) is 8.15. The highest BCUT2D eigenvalue weighted by Crippen LogP contribution is 2.23. The standard InChI is InChI=1S/C29H38Br2N4O4/c1-3-16-38-26-14-12-24(30)18-22(26)20-32-34-28(36)10-8-6-5-7-9-11-29(37)35-33-21-23-19-25(31)13-15-27(23)39-17-4-2/h12-15,18-21H,3-11,16-17H2,1-2H3,(H,34,36)(H,35,37)/b32-20-,33-21-. The first kappa shape index (κ1) is 32.5. The second kappa shape index (κ2) is 19.4. The van der Waals surface area contributed by atoms with E-state index in [4.69, 9.17) is 9.47 Å². The zero-order valence-corrected chi connectivity index (χ0v) is 25.9. The molecule has 39 heavy (non-hydrogen) atoms. The van der Waals surface area contributed by atoms with E-state index in [2.05, 4.69) is 52.9 Å². The van der Waals surface area contributed by atoms with Crippen molar-refractivity contribution in [2.45, 2.75) is 71.6 Å².